The molecule has 0 bridgehead atoms. The van der Waals surface area contributed by atoms with Gasteiger partial charge in [-0.2, -0.15) is 70.2 Å². The van der Waals surface area contributed by atoms with Crippen LogP contribution in [0.1, 0.15) is 0 Å². The molecule has 0 heterocycles. The van der Waals surface area contributed by atoms with E-state index in [1.165, 1.54) is 0 Å². The summed E-state index contributed by atoms with van der Waals surface area (Å²) in [5.74, 6) is -9.55. The quantitative estimate of drug-likeness (QED) is 0.138. The average Bonchev–Trinajstić information content (AvgIpc) is 2.60. The lowest BCUT2D eigenvalue weighted by Gasteiger charge is -2.28. The van der Waals surface area contributed by atoms with Crippen molar-refractivity contribution in [3.8, 4) is 0 Å². The highest BCUT2D eigenvalue weighted by Crippen LogP contribution is 2.47. The van der Waals surface area contributed by atoms with Crippen molar-refractivity contribution in [2.45, 2.75) is 49.4 Å². The van der Waals surface area contributed by atoms with Gasteiger partial charge in [-0.05, 0) is 0 Å². The molecule has 0 aromatic carbocycles. The Labute approximate surface area is 195 Å². The standard InChI is InChI=1S/C12F22O5/c13-1(3(15)35-9(27,7(21,22)23)38-11(29,30)31)5(17,18)37-6(19,20)2(14)4(16)36-10(28,8(24,25)26)39-12(32,33)34. The first-order chi connectivity index (χ1) is 16.7. The SMILES string of the molecule is FC(OC(F)(OC(F)(F)F)C(F)(F)F)=C(F)C(F)(F)OC(F)(F)C(F)=C(F)OC(F)(OC(F)(F)F)C(F)(F)F. The number of ether oxygens (including phenoxy) is 5. The Morgan fingerprint density at radius 1 is 0.359 bits per heavy atom. The summed E-state index contributed by atoms with van der Waals surface area (Å²) in [5.41, 5.74) is 0. The van der Waals surface area contributed by atoms with Crippen LogP contribution >= 0.6 is 0 Å². The van der Waals surface area contributed by atoms with Gasteiger partial charge in [0.1, 0.15) is 0 Å². The summed E-state index contributed by atoms with van der Waals surface area (Å²) >= 11 is 0. The molecule has 0 aliphatic heterocycles. The number of hydrogen-bond acceptors (Lipinski definition) is 5. The molecule has 0 N–H and O–H groups in total. The molecule has 27 heteroatoms. The van der Waals surface area contributed by atoms with E-state index >= 15 is 0 Å². The summed E-state index contributed by atoms with van der Waals surface area (Å²) in [5, 5.41) is 0. The lowest BCUT2D eigenvalue weighted by molar-refractivity contribution is -0.512. The second-order valence-electron chi connectivity index (χ2n) is 5.68. The Hall–Kier alpha value is -2.58. The van der Waals surface area contributed by atoms with Crippen molar-refractivity contribution in [3.05, 3.63) is 23.7 Å². The van der Waals surface area contributed by atoms with Crippen molar-refractivity contribution in [3.63, 3.8) is 0 Å². The Bertz CT molecular complexity index is 852. The van der Waals surface area contributed by atoms with E-state index in [-0.39, 0.29) is 0 Å². The fourth-order valence-electron chi connectivity index (χ4n) is 1.37. The van der Waals surface area contributed by atoms with Gasteiger partial charge in [0, 0.05) is 0 Å². The third-order valence-corrected chi connectivity index (χ3v) is 2.73. The molecular formula is C12F22O5. The van der Waals surface area contributed by atoms with E-state index in [9.17, 15) is 96.6 Å². The van der Waals surface area contributed by atoms with Crippen molar-refractivity contribution in [1.29, 1.82) is 0 Å². The van der Waals surface area contributed by atoms with Gasteiger partial charge in [0.15, 0.2) is 0 Å². The van der Waals surface area contributed by atoms with Gasteiger partial charge in [-0.15, -0.1) is 26.3 Å². The predicted octanol–water partition coefficient (Wildman–Crippen LogP) is 7.88. The summed E-state index contributed by atoms with van der Waals surface area (Å²) in [4.78, 5) is 0. The molecule has 0 saturated heterocycles. The van der Waals surface area contributed by atoms with E-state index in [1.54, 1.807) is 14.2 Å². The van der Waals surface area contributed by atoms with E-state index in [1.807, 2.05) is 9.47 Å². The zero-order valence-electron chi connectivity index (χ0n) is 16.4. The van der Waals surface area contributed by atoms with Crippen molar-refractivity contribution in [2.24, 2.45) is 0 Å². The van der Waals surface area contributed by atoms with Crippen LogP contribution in [0.5, 0.6) is 0 Å². The summed E-state index contributed by atoms with van der Waals surface area (Å²) in [6, 6.07) is -23.1. The maximum absolute atomic E-state index is 13.2. The van der Waals surface area contributed by atoms with Crippen molar-refractivity contribution >= 4 is 0 Å². The minimum Gasteiger partial charge on any atom is -0.400 e. The first kappa shape index (κ1) is 36.4. The number of halogens is 22. The van der Waals surface area contributed by atoms with E-state index < -0.39 is 73.1 Å². The van der Waals surface area contributed by atoms with Gasteiger partial charge in [0.25, 0.3) is 11.7 Å². The van der Waals surface area contributed by atoms with Gasteiger partial charge in [-0.3, -0.25) is 0 Å². The van der Waals surface area contributed by atoms with E-state index in [0.717, 1.165) is 0 Å². The van der Waals surface area contributed by atoms with Crippen LogP contribution in [0.3, 0.4) is 0 Å². The molecule has 2 unspecified atom stereocenters. The maximum atomic E-state index is 13.2. The van der Waals surface area contributed by atoms with Crippen molar-refractivity contribution in [1.82, 2.24) is 0 Å². The van der Waals surface area contributed by atoms with Crippen LogP contribution in [-0.2, 0) is 23.7 Å². The van der Waals surface area contributed by atoms with Gasteiger partial charge in [0.2, 0.25) is 0 Å². The van der Waals surface area contributed by atoms with Gasteiger partial charge in [-0.25, -0.2) is 14.2 Å². The monoisotopic (exact) mass is 642 g/mol. The largest absolute Gasteiger partial charge is 0.528 e. The van der Waals surface area contributed by atoms with Crippen LogP contribution < -0.4 is 0 Å². The predicted molar refractivity (Wildman–Crippen MR) is 65.7 cm³/mol. The first-order valence-corrected chi connectivity index (χ1v) is 7.70. The molecule has 0 aromatic heterocycles. The van der Waals surface area contributed by atoms with Gasteiger partial charge < -0.3 is 9.47 Å². The third-order valence-electron chi connectivity index (χ3n) is 2.73. The first-order valence-electron chi connectivity index (χ1n) is 7.70. The highest BCUT2D eigenvalue weighted by Gasteiger charge is 2.69. The molecule has 5 nitrogen and oxygen atoms in total. The Morgan fingerprint density at radius 2 is 0.590 bits per heavy atom. The second kappa shape index (κ2) is 10.8. The lowest BCUT2D eigenvalue weighted by Crippen LogP contribution is -2.49. The fraction of sp³-hybridized carbons (Fsp3) is 0.667. The molecular weight excluding hydrogens is 642 g/mol. The van der Waals surface area contributed by atoms with E-state index in [2.05, 4.69) is 0 Å². The normalized spacial score (nSPS) is 19.0. The maximum Gasteiger partial charge on any atom is 0.528 e. The minimum atomic E-state index is -7.26. The zero-order chi connectivity index (χ0) is 31.8. The highest BCUT2D eigenvalue weighted by atomic mass is 19.4. The van der Waals surface area contributed by atoms with Crippen molar-refractivity contribution in [2.75, 3.05) is 0 Å². The Balaban J connectivity index is 6.32. The molecule has 39 heavy (non-hydrogen) atoms. The van der Waals surface area contributed by atoms with E-state index in [0.29, 0.717) is 0 Å². The highest BCUT2D eigenvalue weighted by molar-refractivity contribution is 5.06. The molecule has 0 spiro atoms. The van der Waals surface area contributed by atoms with Crippen LogP contribution in [0.25, 0.3) is 0 Å². The summed E-state index contributed by atoms with van der Waals surface area (Å²) in [7, 11) is 0. The summed E-state index contributed by atoms with van der Waals surface area (Å²) < 4.78 is 285. The van der Waals surface area contributed by atoms with Crippen LogP contribution in [0.4, 0.5) is 96.6 Å². The molecule has 0 radical (unpaired) electrons. The van der Waals surface area contributed by atoms with Gasteiger partial charge in [0.05, 0.1) is 0 Å². The average molecular weight is 642 g/mol. The van der Waals surface area contributed by atoms with Gasteiger partial charge >= 0.3 is 61.4 Å². The number of hydrogen-bond donors (Lipinski definition) is 0. The Kier molecular flexibility index (Phi) is 10.1. The summed E-state index contributed by atoms with van der Waals surface area (Å²) in [6.45, 7) is 0. The molecule has 0 fully saturated rings. The molecule has 0 rings (SSSR count). The minimum absolute atomic E-state index is 1.56. The Morgan fingerprint density at radius 3 is 0.769 bits per heavy atom. The van der Waals surface area contributed by atoms with Crippen LogP contribution in [0.2, 0.25) is 0 Å². The topological polar surface area (TPSA) is 46.2 Å². The molecule has 0 saturated carbocycles. The smallest absolute Gasteiger partial charge is 0.400 e. The molecule has 0 aromatic rings. The van der Waals surface area contributed by atoms with Crippen LogP contribution in [0, 0.1) is 0 Å². The zero-order valence-corrected chi connectivity index (χ0v) is 16.4. The van der Waals surface area contributed by atoms with E-state index in [4.69, 9.17) is 0 Å². The molecule has 0 aliphatic rings. The van der Waals surface area contributed by atoms with Crippen LogP contribution in [0.15, 0.2) is 23.7 Å². The fourth-order valence-corrected chi connectivity index (χ4v) is 1.37. The molecule has 2 atom stereocenters. The van der Waals surface area contributed by atoms with Gasteiger partial charge in [-0.1, -0.05) is 0 Å². The van der Waals surface area contributed by atoms with Crippen molar-refractivity contribution < 1.29 is 120 Å². The molecule has 0 amide bonds. The summed E-state index contributed by atoms with van der Waals surface area (Å²) in [6.07, 6.45) is -42.4. The lowest BCUT2D eigenvalue weighted by atomic mass is 10.4. The third kappa shape index (κ3) is 9.84. The van der Waals surface area contributed by atoms with Crippen LogP contribution in [-0.4, -0.2) is 49.4 Å². The second-order valence-corrected chi connectivity index (χ2v) is 5.68. The molecule has 232 valence electrons. The molecule has 0 aliphatic carbocycles. The number of rotatable bonds is 10. The number of alkyl halides is 18.